The molecule has 1 heterocycles. The van der Waals surface area contributed by atoms with Crippen molar-refractivity contribution in [1.29, 1.82) is 5.26 Å². The first-order valence-corrected chi connectivity index (χ1v) is 7.02. The second-order valence-electron chi connectivity index (χ2n) is 5.52. The molecule has 116 valence electrons. The lowest BCUT2D eigenvalue weighted by Gasteiger charge is -2.24. The zero-order valence-corrected chi connectivity index (χ0v) is 12.5. The molecule has 0 N–H and O–H groups in total. The van der Waals surface area contributed by atoms with Crippen LogP contribution in [0.5, 0.6) is 0 Å². The maximum Gasteiger partial charge on any atom is 0.313 e. The first-order valence-electron chi connectivity index (χ1n) is 7.02. The van der Waals surface area contributed by atoms with E-state index in [2.05, 4.69) is 0 Å². The first-order chi connectivity index (χ1) is 10.4. The highest BCUT2D eigenvalue weighted by molar-refractivity contribution is 5.79. The number of carbonyl (C=O) groups excluding carboxylic acids is 1. The molecule has 1 atom stereocenters. The van der Waals surface area contributed by atoms with Gasteiger partial charge < -0.3 is 9.64 Å². The van der Waals surface area contributed by atoms with Crippen LogP contribution in [0.3, 0.4) is 0 Å². The lowest BCUT2D eigenvalue weighted by molar-refractivity contribution is -0.384. The van der Waals surface area contributed by atoms with E-state index in [-0.39, 0.29) is 17.2 Å². The molecule has 7 nitrogen and oxygen atoms in total. The van der Waals surface area contributed by atoms with Gasteiger partial charge in [0, 0.05) is 25.2 Å². The van der Waals surface area contributed by atoms with Crippen LogP contribution >= 0.6 is 0 Å². The molecule has 0 aliphatic carbocycles. The summed E-state index contributed by atoms with van der Waals surface area (Å²) in [5.41, 5.74) is 0.112. The van der Waals surface area contributed by atoms with Crippen molar-refractivity contribution in [2.45, 2.75) is 20.3 Å². The van der Waals surface area contributed by atoms with Gasteiger partial charge in [-0.1, -0.05) is 0 Å². The van der Waals surface area contributed by atoms with Crippen molar-refractivity contribution >= 4 is 17.3 Å². The van der Waals surface area contributed by atoms with Crippen LogP contribution in [0, 0.1) is 26.9 Å². The second-order valence-corrected chi connectivity index (χ2v) is 5.52. The summed E-state index contributed by atoms with van der Waals surface area (Å²) in [6.07, 6.45) is 0.619. The smallest absolute Gasteiger partial charge is 0.313 e. The van der Waals surface area contributed by atoms with Crippen LogP contribution in [0.4, 0.5) is 11.4 Å². The minimum Gasteiger partial charge on any atom is -0.466 e. The molecule has 1 aromatic rings. The summed E-state index contributed by atoms with van der Waals surface area (Å²) < 4.78 is 5.10. The van der Waals surface area contributed by atoms with E-state index in [9.17, 15) is 20.2 Å². The number of non-ortho nitro benzene ring substituents is 1. The highest BCUT2D eigenvalue weighted by Gasteiger charge is 2.42. The number of carbonyl (C=O) groups is 1. The summed E-state index contributed by atoms with van der Waals surface area (Å²) in [6, 6.07) is 6.18. The maximum absolute atomic E-state index is 12.0. The third kappa shape index (κ3) is 2.86. The van der Waals surface area contributed by atoms with Crippen molar-refractivity contribution in [2.75, 3.05) is 24.6 Å². The molecule has 7 heteroatoms. The minimum absolute atomic E-state index is 0.118. The lowest BCUT2D eigenvalue weighted by atomic mass is 9.90. The third-order valence-electron chi connectivity index (χ3n) is 3.89. The number of nitriles is 1. The Bertz CT molecular complexity index is 653. The van der Waals surface area contributed by atoms with Crippen LogP contribution in [-0.2, 0) is 9.53 Å². The normalized spacial score (nSPS) is 20.5. The van der Waals surface area contributed by atoms with Crippen LogP contribution in [-0.4, -0.2) is 30.6 Å². The van der Waals surface area contributed by atoms with Crippen LogP contribution in [0.15, 0.2) is 18.2 Å². The Hall–Kier alpha value is -2.62. The Morgan fingerprint density at radius 2 is 2.32 bits per heavy atom. The fourth-order valence-corrected chi connectivity index (χ4v) is 2.64. The first kappa shape index (κ1) is 15.8. The number of nitro groups is 1. The van der Waals surface area contributed by atoms with Gasteiger partial charge in [-0.15, -0.1) is 0 Å². The van der Waals surface area contributed by atoms with Gasteiger partial charge in [-0.2, -0.15) is 5.26 Å². The molecule has 0 bridgehead atoms. The highest BCUT2D eigenvalue weighted by atomic mass is 16.6. The monoisotopic (exact) mass is 303 g/mol. The van der Waals surface area contributed by atoms with E-state index in [1.807, 2.05) is 17.9 Å². The molecule has 0 saturated carbocycles. The summed E-state index contributed by atoms with van der Waals surface area (Å²) in [5, 5.41) is 20.0. The van der Waals surface area contributed by atoms with E-state index in [1.54, 1.807) is 13.0 Å². The Morgan fingerprint density at radius 3 is 2.91 bits per heavy atom. The van der Waals surface area contributed by atoms with Gasteiger partial charge in [-0.05, 0) is 26.3 Å². The summed E-state index contributed by atoms with van der Waals surface area (Å²) in [5.74, 6) is -0.252. The number of benzene rings is 1. The van der Waals surface area contributed by atoms with Gasteiger partial charge in [0.1, 0.15) is 6.07 Å². The Kier molecular flexibility index (Phi) is 4.31. The molecule has 1 unspecified atom stereocenters. The molecule has 1 aliphatic rings. The average Bonchev–Trinajstić information content (AvgIpc) is 2.90. The SMILES string of the molecule is CCOC(=O)C1(C)CCN(c2ccc([N+](=O)[O-])cc2C#N)C1. The van der Waals surface area contributed by atoms with E-state index in [4.69, 9.17) is 4.74 Å². The molecular weight excluding hydrogens is 286 g/mol. The van der Waals surface area contributed by atoms with Crippen LogP contribution in [0.1, 0.15) is 25.8 Å². The molecule has 22 heavy (non-hydrogen) atoms. The number of hydrogen-bond donors (Lipinski definition) is 0. The molecule has 1 fully saturated rings. The minimum atomic E-state index is -0.621. The summed E-state index contributed by atoms with van der Waals surface area (Å²) in [7, 11) is 0. The molecule has 2 rings (SSSR count). The van der Waals surface area contributed by atoms with Gasteiger partial charge in [-0.25, -0.2) is 0 Å². The van der Waals surface area contributed by atoms with Gasteiger partial charge in [0.15, 0.2) is 0 Å². The zero-order chi connectivity index (χ0) is 16.3. The van der Waals surface area contributed by atoms with E-state index >= 15 is 0 Å². The van der Waals surface area contributed by atoms with Gasteiger partial charge in [-0.3, -0.25) is 14.9 Å². The van der Waals surface area contributed by atoms with Gasteiger partial charge in [0.05, 0.1) is 28.2 Å². The standard InChI is InChI=1S/C15H17N3O4/c1-3-22-14(19)15(2)6-7-17(10-15)13-5-4-12(18(20)21)8-11(13)9-16/h4-5,8H,3,6-7,10H2,1-2H3. The number of hydrogen-bond acceptors (Lipinski definition) is 6. The Balaban J connectivity index is 2.26. The molecule has 1 saturated heterocycles. The summed E-state index contributed by atoms with van der Waals surface area (Å²) >= 11 is 0. The van der Waals surface area contributed by atoms with Crippen LogP contribution in [0.25, 0.3) is 0 Å². The number of anilines is 1. The largest absolute Gasteiger partial charge is 0.466 e. The predicted octanol–water partition coefficient (Wildman–Crippen LogP) is 2.25. The van der Waals surface area contributed by atoms with E-state index in [1.165, 1.54) is 12.1 Å². The second kappa shape index (κ2) is 6.02. The Labute approximate surface area is 128 Å². The molecular formula is C15H17N3O4. The van der Waals surface area contributed by atoms with E-state index in [0.29, 0.717) is 31.8 Å². The summed E-state index contributed by atoms with van der Waals surface area (Å²) in [4.78, 5) is 24.2. The molecule has 0 spiro atoms. The fourth-order valence-electron chi connectivity index (χ4n) is 2.64. The van der Waals surface area contributed by atoms with Crippen molar-refractivity contribution in [3.63, 3.8) is 0 Å². The molecule has 0 aromatic heterocycles. The number of esters is 1. The fraction of sp³-hybridized carbons (Fsp3) is 0.467. The van der Waals surface area contributed by atoms with Gasteiger partial charge in [0.2, 0.25) is 0 Å². The van der Waals surface area contributed by atoms with E-state index < -0.39 is 10.3 Å². The van der Waals surface area contributed by atoms with Crippen LogP contribution in [0.2, 0.25) is 0 Å². The van der Waals surface area contributed by atoms with E-state index in [0.717, 1.165) is 0 Å². The highest BCUT2D eigenvalue weighted by Crippen LogP contribution is 2.36. The lowest BCUT2D eigenvalue weighted by Crippen LogP contribution is -2.33. The number of rotatable bonds is 4. The van der Waals surface area contributed by atoms with Crippen LogP contribution < -0.4 is 4.90 Å². The molecule has 1 aromatic carbocycles. The van der Waals surface area contributed by atoms with Gasteiger partial charge in [0.25, 0.3) is 5.69 Å². The predicted molar refractivity (Wildman–Crippen MR) is 79.4 cm³/mol. The topological polar surface area (TPSA) is 96.5 Å². The molecule has 0 radical (unpaired) electrons. The van der Waals surface area contributed by atoms with Crippen molar-refractivity contribution in [3.05, 3.63) is 33.9 Å². The molecule has 0 amide bonds. The number of nitrogens with zero attached hydrogens (tertiary/aromatic N) is 3. The van der Waals surface area contributed by atoms with Crippen molar-refractivity contribution in [3.8, 4) is 6.07 Å². The Morgan fingerprint density at radius 1 is 1.59 bits per heavy atom. The number of ether oxygens (including phenoxy) is 1. The third-order valence-corrected chi connectivity index (χ3v) is 3.89. The van der Waals surface area contributed by atoms with Crippen molar-refractivity contribution in [1.82, 2.24) is 0 Å². The van der Waals surface area contributed by atoms with Crippen molar-refractivity contribution < 1.29 is 14.5 Å². The average molecular weight is 303 g/mol. The number of nitro benzene ring substituents is 1. The summed E-state index contributed by atoms with van der Waals surface area (Å²) in [6.45, 7) is 4.95. The van der Waals surface area contributed by atoms with Gasteiger partial charge >= 0.3 is 5.97 Å². The zero-order valence-electron chi connectivity index (χ0n) is 12.5. The van der Waals surface area contributed by atoms with Crippen molar-refractivity contribution in [2.24, 2.45) is 5.41 Å². The quantitative estimate of drug-likeness (QED) is 0.481. The maximum atomic E-state index is 12.0. The molecule has 1 aliphatic heterocycles.